The van der Waals surface area contributed by atoms with Crippen molar-refractivity contribution < 1.29 is 17.6 Å². The van der Waals surface area contributed by atoms with Crippen LogP contribution in [-0.4, -0.2) is 0 Å². The monoisotopic (exact) mass is 207 g/mol. The normalized spacial score (nSPS) is 14.1. The van der Waals surface area contributed by atoms with Crippen LogP contribution < -0.4 is 5.73 Å². The molecular weight excluding hydrogens is 198 g/mol. The summed E-state index contributed by atoms with van der Waals surface area (Å²) >= 11 is 0. The molecule has 0 aliphatic rings. The third kappa shape index (κ3) is 2.45. The summed E-state index contributed by atoms with van der Waals surface area (Å²) in [4.78, 5) is 0. The Labute approximate surface area is 78.5 Å². The molecule has 0 aliphatic carbocycles. The highest BCUT2D eigenvalue weighted by atomic mass is 19.4. The van der Waals surface area contributed by atoms with Crippen molar-refractivity contribution in [3.8, 4) is 0 Å². The van der Waals surface area contributed by atoms with Crippen molar-refractivity contribution in [3.63, 3.8) is 0 Å². The standard InChI is InChI=1S/C9H9F4N/c1-5(14)6-2-7(9(11,12)13)4-8(10)3-6/h2-5H,14H2,1H3/t5-/m0/s1. The largest absolute Gasteiger partial charge is 0.416 e. The zero-order chi connectivity index (χ0) is 10.9. The maximum absolute atomic E-state index is 12.8. The van der Waals surface area contributed by atoms with E-state index in [0.29, 0.717) is 6.07 Å². The number of nitrogens with two attached hydrogens (primary N) is 1. The van der Waals surface area contributed by atoms with E-state index in [-0.39, 0.29) is 5.56 Å². The Balaban J connectivity index is 3.21. The first-order valence-electron chi connectivity index (χ1n) is 3.94. The van der Waals surface area contributed by atoms with Gasteiger partial charge in [0.1, 0.15) is 5.82 Å². The van der Waals surface area contributed by atoms with Crippen LogP contribution in [0, 0.1) is 5.82 Å². The van der Waals surface area contributed by atoms with Gasteiger partial charge in [-0.25, -0.2) is 4.39 Å². The molecule has 0 spiro atoms. The van der Waals surface area contributed by atoms with Gasteiger partial charge in [0.15, 0.2) is 0 Å². The lowest BCUT2D eigenvalue weighted by atomic mass is 10.1. The van der Waals surface area contributed by atoms with Gasteiger partial charge in [0.05, 0.1) is 5.56 Å². The van der Waals surface area contributed by atoms with Gasteiger partial charge in [-0.1, -0.05) is 0 Å². The van der Waals surface area contributed by atoms with Crippen LogP contribution in [0.2, 0.25) is 0 Å². The zero-order valence-electron chi connectivity index (χ0n) is 7.40. The SMILES string of the molecule is C[C@H](N)c1cc(F)cc(C(F)(F)F)c1. The highest BCUT2D eigenvalue weighted by Crippen LogP contribution is 2.31. The van der Waals surface area contributed by atoms with E-state index in [9.17, 15) is 17.6 Å². The van der Waals surface area contributed by atoms with Crippen LogP contribution in [0.5, 0.6) is 0 Å². The summed E-state index contributed by atoms with van der Waals surface area (Å²) in [5.41, 5.74) is 4.49. The minimum absolute atomic E-state index is 0.136. The first-order chi connectivity index (χ1) is 6.30. The lowest BCUT2D eigenvalue weighted by molar-refractivity contribution is -0.137. The van der Waals surface area contributed by atoms with Crippen LogP contribution in [0.3, 0.4) is 0 Å². The van der Waals surface area contributed by atoms with E-state index >= 15 is 0 Å². The molecule has 0 aliphatic heterocycles. The molecule has 1 aromatic rings. The molecule has 0 saturated heterocycles. The summed E-state index contributed by atoms with van der Waals surface area (Å²) in [6, 6.07) is 1.69. The molecule has 1 nitrogen and oxygen atoms in total. The van der Waals surface area contributed by atoms with Crippen molar-refractivity contribution in [2.75, 3.05) is 0 Å². The van der Waals surface area contributed by atoms with E-state index < -0.39 is 23.6 Å². The predicted molar refractivity (Wildman–Crippen MR) is 44.0 cm³/mol. The van der Waals surface area contributed by atoms with E-state index in [0.717, 1.165) is 12.1 Å². The molecule has 14 heavy (non-hydrogen) atoms. The second-order valence-corrected chi connectivity index (χ2v) is 3.06. The first-order valence-corrected chi connectivity index (χ1v) is 3.94. The fourth-order valence-electron chi connectivity index (χ4n) is 1.04. The van der Waals surface area contributed by atoms with Crippen molar-refractivity contribution >= 4 is 0 Å². The highest BCUT2D eigenvalue weighted by Gasteiger charge is 2.31. The Bertz CT molecular complexity index is 330. The minimum Gasteiger partial charge on any atom is -0.324 e. The smallest absolute Gasteiger partial charge is 0.324 e. The molecule has 0 bridgehead atoms. The van der Waals surface area contributed by atoms with E-state index in [2.05, 4.69) is 0 Å². The van der Waals surface area contributed by atoms with Gasteiger partial charge >= 0.3 is 6.18 Å². The van der Waals surface area contributed by atoms with E-state index in [4.69, 9.17) is 5.73 Å². The predicted octanol–water partition coefficient (Wildman–Crippen LogP) is 2.86. The molecule has 0 heterocycles. The summed E-state index contributed by atoms with van der Waals surface area (Å²) in [6.45, 7) is 1.49. The molecule has 0 aromatic heterocycles. The van der Waals surface area contributed by atoms with Gasteiger partial charge in [-0.2, -0.15) is 13.2 Å². The van der Waals surface area contributed by atoms with Crippen molar-refractivity contribution in [1.82, 2.24) is 0 Å². The van der Waals surface area contributed by atoms with E-state index in [1.165, 1.54) is 6.92 Å². The van der Waals surface area contributed by atoms with E-state index in [1.54, 1.807) is 0 Å². The average molecular weight is 207 g/mol. The fraction of sp³-hybridized carbons (Fsp3) is 0.333. The Morgan fingerprint density at radius 1 is 1.21 bits per heavy atom. The van der Waals surface area contributed by atoms with Gasteiger partial charge in [0.25, 0.3) is 0 Å². The Morgan fingerprint density at radius 3 is 2.21 bits per heavy atom. The van der Waals surface area contributed by atoms with Crippen molar-refractivity contribution in [2.45, 2.75) is 19.1 Å². The van der Waals surface area contributed by atoms with Gasteiger partial charge in [0.2, 0.25) is 0 Å². The first kappa shape index (κ1) is 11.0. The van der Waals surface area contributed by atoms with Crippen molar-refractivity contribution in [1.29, 1.82) is 0 Å². The van der Waals surface area contributed by atoms with Crippen LogP contribution in [0.25, 0.3) is 0 Å². The van der Waals surface area contributed by atoms with Gasteiger partial charge in [-0.3, -0.25) is 0 Å². The van der Waals surface area contributed by atoms with Crippen LogP contribution in [-0.2, 0) is 6.18 Å². The molecule has 0 amide bonds. The van der Waals surface area contributed by atoms with Crippen LogP contribution >= 0.6 is 0 Å². The fourth-order valence-corrected chi connectivity index (χ4v) is 1.04. The van der Waals surface area contributed by atoms with Crippen molar-refractivity contribution in [2.24, 2.45) is 5.73 Å². The third-order valence-electron chi connectivity index (χ3n) is 1.77. The topological polar surface area (TPSA) is 26.0 Å². The summed E-state index contributed by atoms with van der Waals surface area (Å²) < 4.78 is 49.4. The molecule has 2 N–H and O–H groups in total. The number of benzene rings is 1. The zero-order valence-corrected chi connectivity index (χ0v) is 7.40. The minimum atomic E-state index is -4.54. The molecular formula is C9H9F4N. The van der Waals surface area contributed by atoms with Crippen LogP contribution in [0.15, 0.2) is 18.2 Å². The summed E-state index contributed by atoms with van der Waals surface area (Å²) in [5, 5.41) is 0. The molecule has 0 unspecified atom stereocenters. The molecule has 1 atom stereocenters. The number of rotatable bonds is 1. The lowest BCUT2D eigenvalue weighted by Gasteiger charge is -2.11. The van der Waals surface area contributed by atoms with Gasteiger partial charge in [-0.15, -0.1) is 0 Å². The molecule has 1 aromatic carbocycles. The molecule has 5 heteroatoms. The molecule has 0 fully saturated rings. The quantitative estimate of drug-likeness (QED) is 0.704. The number of halogens is 4. The Hall–Kier alpha value is -1.10. The average Bonchev–Trinajstić information content (AvgIpc) is 2.01. The van der Waals surface area contributed by atoms with Gasteiger partial charge in [0, 0.05) is 6.04 Å². The van der Waals surface area contributed by atoms with Gasteiger partial charge in [-0.05, 0) is 30.7 Å². The number of hydrogen-bond donors (Lipinski definition) is 1. The van der Waals surface area contributed by atoms with Crippen molar-refractivity contribution in [3.05, 3.63) is 35.1 Å². The van der Waals surface area contributed by atoms with E-state index in [1.807, 2.05) is 0 Å². The summed E-state index contributed by atoms with van der Waals surface area (Å²) in [7, 11) is 0. The number of alkyl halides is 3. The molecule has 0 radical (unpaired) electrons. The van der Waals surface area contributed by atoms with Crippen LogP contribution in [0.1, 0.15) is 24.1 Å². The Morgan fingerprint density at radius 2 is 1.79 bits per heavy atom. The maximum Gasteiger partial charge on any atom is 0.416 e. The molecule has 1 rings (SSSR count). The Kier molecular flexibility index (Phi) is 2.80. The second kappa shape index (κ2) is 3.57. The third-order valence-corrected chi connectivity index (χ3v) is 1.77. The van der Waals surface area contributed by atoms with Gasteiger partial charge < -0.3 is 5.73 Å². The van der Waals surface area contributed by atoms with Crippen LogP contribution in [0.4, 0.5) is 17.6 Å². The molecule has 78 valence electrons. The number of hydrogen-bond acceptors (Lipinski definition) is 1. The maximum atomic E-state index is 12.8. The lowest BCUT2D eigenvalue weighted by Crippen LogP contribution is -2.10. The highest BCUT2D eigenvalue weighted by molar-refractivity contribution is 5.28. The molecule has 0 saturated carbocycles. The summed E-state index contributed by atoms with van der Waals surface area (Å²) in [5.74, 6) is -0.924. The second-order valence-electron chi connectivity index (χ2n) is 3.06. The summed E-state index contributed by atoms with van der Waals surface area (Å²) in [6.07, 6.45) is -4.54.